The highest BCUT2D eigenvalue weighted by molar-refractivity contribution is 8.14. The van der Waals surface area contributed by atoms with Crippen molar-refractivity contribution in [1.29, 1.82) is 0 Å². The molecule has 0 aromatic heterocycles. The van der Waals surface area contributed by atoms with Crippen LogP contribution in [0.3, 0.4) is 0 Å². The maximum absolute atomic E-state index is 13.5. The van der Waals surface area contributed by atoms with E-state index in [4.69, 9.17) is 0 Å². The number of thioether (sulfide) groups is 1. The van der Waals surface area contributed by atoms with E-state index in [1.165, 1.54) is 11.6 Å². The lowest BCUT2D eigenvalue weighted by Gasteiger charge is -2.09. The number of aliphatic imine (C=N–C) groups is 1. The molecule has 108 valence electrons. The Morgan fingerprint density at radius 3 is 2.67 bits per heavy atom. The van der Waals surface area contributed by atoms with Crippen molar-refractivity contribution in [3.05, 3.63) is 71.5 Å². The zero-order valence-electron chi connectivity index (χ0n) is 11.6. The number of amidine groups is 1. The number of nitrogens with one attached hydrogen (secondary N) is 1. The van der Waals surface area contributed by atoms with Gasteiger partial charge in [-0.2, -0.15) is 0 Å². The van der Waals surface area contributed by atoms with E-state index >= 15 is 0 Å². The normalized spacial score (nSPS) is 17.6. The Kier molecular flexibility index (Phi) is 4.55. The molecule has 1 unspecified atom stereocenters. The molecule has 0 bridgehead atoms. The zero-order chi connectivity index (χ0) is 14.5. The maximum atomic E-state index is 13.5. The van der Waals surface area contributed by atoms with Crippen LogP contribution in [0.1, 0.15) is 16.4 Å². The Hall–Kier alpha value is -1.81. The van der Waals surface area contributed by atoms with Gasteiger partial charge in [0, 0.05) is 6.54 Å². The first-order chi connectivity index (χ1) is 10.3. The second-order valence-corrected chi connectivity index (χ2v) is 6.12. The Balaban J connectivity index is 1.48. The molecule has 4 heteroatoms. The summed E-state index contributed by atoms with van der Waals surface area (Å²) < 4.78 is 13.5. The van der Waals surface area contributed by atoms with Gasteiger partial charge < -0.3 is 5.32 Å². The van der Waals surface area contributed by atoms with Gasteiger partial charge in [-0.3, -0.25) is 4.99 Å². The summed E-state index contributed by atoms with van der Waals surface area (Å²) in [5.74, 6) is -0.137. The highest BCUT2D eigenvalue weighted by atomic mass is 32.2. The fraction of sp³-hybridized carbons (Fsp3) is 0.235. The first-order valence-electron chi connectivity index (χ1n) is 7.06. The van der Waals surface area contributed by atoms with Gasteiger partial charge in [0.25, 0.3) is 0 Å². The van der Waals surface area contributed by atoms with E-state index in [1.807, 2.05) is 18.2 Å². The Morgan fingerprint density at radius 1 is 1.10 bits per heavy atom. The van der Waals surface area contributed by atoms with Crippen LogP contribution in [0.25, 0.3) is 0 Å². The number of benzene rings is 2. The summed E-state index contributed by atoms with van der Waals surface area (Å²) in [6.45, 7) is 1.50. The van der Waals surface area contributed by atoms with Gasteiger partial charge in [0.1, 0.15) is 5.82 Å². The molecule has 0 spiro atoms. The molecule has 0 fully saturated rings. The lowest BCUT2D eigenvalue weighted by Crippen LogP contribution is -2.22. The molecule has 1 aliphatic heterocycles. The quantitative estimate of drug-likeness (QED) is 0.928. The third-order valence-electron chi connectivity index (χ3n) is 3.45. The van der Waals surface area contributed by atoms with E-state index in [9.17, 15) is 4.39 Å². The molecule has 1 aliphatic rings. The van der Waals surface area contributed by atoms with Crippen molar-refractivity contribution < 1.29 is 4.39 Å². The van der Waals surface area contributed by atoms with Gasteiger partial charge in [-0.25, -0.2) is 4.39 Å². The standard InChI is InChI=1S/C17H17FN2S/c18-15-9-5-4-6-13(15)10-11-19-17-20-12-16(21-17)14-7-2-1-3-8-14/h1-9,16H,10-12H2,(H,19,20). The molecule has 0 radical (unpaired) electrons. The average Bonchev–Trinajstić information content (AvgIpc) is 2.99. The zero-order valence-corrected chi connectivity index (χ0v) is 12.4. The van der Waals surface area contributed by atoms with Gasteiger partial charge in [0.05, 0.1) is 11.8 Å². The Bertz CT molecular complexity index is 628. The van der Waals surface area contributed by atoms with E-state index < -0.39 is 0 Å². The van der Waals surface area contributed by atoms with Gasteiger partial charge in [-0.1, -0.05) is 60.3 Å². The molecule has 3 rings (SSSR count). The molecule has 0 amide bonds. The van der Waals surface area contributed by atoms with Gasteiger partial charge in [-0.05, 0) is 23.6 Å². The van der Waals surface area contributed by atoms with Crippen LogP contribution in [-0.2, 0) is 6.42 Å². The predicted molar refractivity (Wildman–Crippen MR) is 87.2 cm³/mol. The van der Waals surface area contributed by atoms with Gasteiger partial charge in [0.15, 0.2) is 5.17 Å². The van der Waals surface area contributed by atoms with Crippen LogP contribution in [0.5, 0.6) is 0 Å². The molecule has 2 aromatic carbocycles. The maximum Gasteiger partial charge on any atom is 0.157 e. The molecule has 1 N–H and O–H groups in total. The minimum atomic E-state index is -0.137. The predicted octanol–water partition coefficient (Wildman–Crippen LogP) is 3.80. The second-order valence-electron chi connectivity index (χ2n) is 4.93. The van der Waals surface area contributed by atoms with Gasteiger partial charge in [-0.15, -0.1) is 0 Å². The van der Waals surface area contributed by atoms with Crippen molar-refractivity contribution in [2.75, 3.05) is 13.1 Å². The summed E-state index contributed by atoms with van der Waals surface area (Å²) in [4.78, 5) is 4.52. The van der Waals surface area contributed by atoms with Gasteiger partial charge in [0.2, 0.25) is 0 Å². The third kappa shape index (κ3) is 3.64. The van der Waals surface area contributed by atoms with E-state index in [0.717, 1.165) is 17.3 Å². The largest absolute Gasteiger partial charge is 0.365 e. The summed E-state index contributed by atoms with van der Waals surface area (Å²) in [5, 5.41) is 4.65. The van der Waals surface area contributed by atoms with Crippen molar-refractivity contribution in [2.45, 2.75) is 11.7 Å². The topological polar surface area (TPSA) is 24.4 Å². The van der Waals surface area contributed by atoms with E-state index in [1.54, 1.807) is 17.8 Å². The number of hydrogen-bond donors (Lipinski definition) is 1. The van der Waals surface area contributed by atoms with Crippen LogP contribution in [0.4, 0.5) is 4.39 Å². The van der Waals surface area contributed by atoms with E-state index in [2.05, 4.69) is 34.6 Å². The van der Waals surface area contributed by atoms with Crippen molar-refractivity contribution >= 4 is 16.9 Å². The smallest absolute Gasteiger partial charge is 0.157 e. The van der Waals surface area contributed by atoms with Crippen LogP contribution >= 0.6 is 11.8 Å². The fourth-order valence-electron chi connectivity index (χ4n) is 2.32. The minimum Gasteiger partial charge on any atom is -0.365 e. The summed E-state index contributed by atoms with van der Waals surface area (Å²) in [7, 11) is 0. The number of rotatable bonds is 4. The first kappa shape index (κ1) is 14.1. The molecule has 1 atom stereocenters. The summed E-state index contributed by atoms with van der Waals surface area (Å²) >= 11 is 1.75. The molecule has 2 nitrogen and oxygen atoms in total. The third-order valence-corrected chi connectivity index (χ3v) is 4.66. The second kappa shape index (κ2) is 6.76. The Morgan fingerprint density at radius 2 is 1.86 bits per heavy atom. The highest BCUT2D eigenvalue weighted by Crippen LogP contribution is 2.34. The number of halogens is 1. The van der Waals surface area contributed by atoms with Crippen molar-refractivity contribution in [3.63, 3.8) is 0 Å². The monoisotopic (exact) mass is 300 g/mol. The molecule has 0 aliphatic carbocycles. The van der Waals surface area contributed by atoms with Crippen molar-refractivity contribution in [3.8, 4) is 0 Å². The van der Waals surface area contributed by atoms with E-state index in [0.29, 0.717) is 18.2 Å². The van der Waals surface area contributed by atoms with Crippen molar-refractivity contribution in [2.24, 2.45) is 4.99 Å². The van der Waals surface area contributed by atoms with Crippen LogP contribution in [-0.4, -0.2) is 18.3 Å². The van der Waals surface area contributed by atoms with E-state index in [-0.39, 0.29) is 5.82 Å². The Labute approximate surface area is 128 Å². The SMILES string of the molecule is Fc1ccccc1CCNC1=NCC(c2ccccc2)S1. The molecular formula is C17H17FN2S. The fourth-order valence-corrected chi connectivity index (χ4v) is 3.37. The highest BCUT2D eigenvalue weighted by Gasteiger charge is 2.20. The lowest BCUT2D eigenvalue weighted by molar-refractivity contribution is 0.607. The molecule has 21 heavy (non-hydrogen) atoms. The minimum absolute atomic E-state index is 0.137. The summed E-state index contributed by atoms with van der Waals surface area (Å²) in [6, 6.07) is 17.3. The lowest BCUT2D eigenvalue weighted by atomic mass is 10.1. The van der Waals surface area contributed by atoms with Crippen LogP contribution in [0.15, 0.2) is 59.6 Å². The van der Waals surface area contributed by atoms with Crippen molar-refractivity contribution in [1.82, 2.24) is 5.32 Å². The summed E-state index contributed by atoms with van der Waals surface area (Å²) in [5.41, 5.74) is 2.05. The molecule has 0 saturated carbocycles. The average molecular weight is 300 g/mol. The molecule has 1 heterocycles. The van der Waals surface area contributed by atoms with Gasteiger partial charge >= 0.3 is 0 Å². The first-order valence-corrected chi connectivity index (χ1v) is 7.94. The van der Waals surface area contributed by atoms with Crippen LogP contribution < -0.4 is 5.32 Å². The molecular weight excluding hydrogens is 283 g/mol. The van der Waals surface area contributed by atoms with Crippen LogP contribution in [0, 0.1) is 5.82 Å². The number of nitrogens with zero attached hydrogens (tertiary/aromatic N) is 1. The number of hydrogen-bond acceptors (Lipinski definition) is 3. The van der Waals surface area contributed by atoms with Crippen LogP contribution in [0.2, 0.25) is 0 Å². The summed E-state index contributed by atoms with van der Waals surface area (Å²) in [6.07, 6.45) is 0.669. The molecule has 2 aromatic rings. The molecule has 0 saturated heterocycles.